The first kappa shape index (κ1) is 20.1. The summed E-state index contributed by atoms with van der Waals surface area (Å²) in [5.74, 6) is 2.52. The fraction of sp³-hybridized carbons (Fsp3) is 0.824. The molecule has 0 aliphatic heterocycles. The molecule has 0 bridgehead atoms. The fourth-order valence-corrected chi connectivity index (χ4v) is 2.70. The van der Waals surface area contributed by atoms with E-state index in [2.05, 4.69) is 15.9 Å². The van der Waals surface area contributed by atoms with Gasteiger partial charge in [0.2, 0.25) is 0 Å². The lowest BCUT2D eigenvalue weighted by atomic mass is 9.91. The number of carbonyl (C=O) groups is 1. The third-order valence-corrected chi connectivity index (χ3v) is 3.82. The highest BCUT2D eigenvalue weighted by Crippen LogP contribution is 2.26. The average Bonchev–Trinajstić information content (AvgIpc) is 2.50. The number of ether oxygens (including phenoxy) is 2. The Morgan fingerprint density at radius 3 is 2.54 bits per heavy atom. The maximum Gasteiger partial charge on any atom is 0.410 e. The van der Waals surface area contributed by atoms with Gasteiger partial charge in [0.15, 0.2) is 0 Å². The molecule has 0 heterocycles. The standard InChI is InChI=1S/C17H28N4O3/c1-5-6-12-23-13-11-21(16(22)24-17(2,3)4)15-9-7-14(8-10-15)19-20-18/h1,14-15H,6-13H2,2-4H3/t14-,15+. The predicted octanol–water partition coefficient (Wildman–Crippen LogP) is 3.88. The molecular weight excluding hydrogens is 308 g/mol. The minimum Gasteiger partial charge on any atom is -0.444 e. The van der Waals surface area contributed by atoms with Crippen LogP contribution in [0.25, 0.3) is 10.4 Å². The molecule has 0 unspecified atom stereocenters. The summed E-state index contributed by atoms with van der Waals surface area (Å²) in [5, 5.41) is 3.78. The van der Waals surface area contributed by atoms with E-state index in [1.54, 1.807) is 4.90 Å². The van der Waals surface area contributed by atoms with Crippen LogP contribution in [0.5, 0.6) is 0 Å². The Bertz CT molecular complexity index is 481. The number of hydrogen-bond donors (Lipinski definition) is 0. The van der Waals surface area contributed by atoms with Crippen LogP contribution in [-0.4, -0.2) is 48.4 Å². The maximum absolute atomic E-state index is 12.5. The normalized spacial score (nSPS) is 20.6. The first-order valence-corrected chi connectivity index (χ1v) is 8.42. The second-order valence-corrected chi connectivity index (χ2v) is 6.91. The summed E-state index contributed by atoms with van der Waals surface area (Å²) in [6.45, 7) is 6.94. The van der Waals surface area contributed by atoms with Crippen LogP contribution in [0.3, 0.4) is 0 Å². The minimum absolute atomic E-state index is 0.0265. The van der Waals surface area contributed by atoms with E-state index in [1.807, 2.05) is 20.8 Å². The van der Waals surface area contributed by atoms with Gasteiger partial charge in [-0.1, -0.05) is 5.11 Å². The van der Waals surface area contributed by atoms with Crippen LogP contribution in [0.2, 0.25) is 0 Å². The van der Waals surface area contributed by atoms with Gasteiger partial charge in [0.05, 0.1) is 13.2 Å². The Morgan fingerprint density at radius 2 is 2.00 bits per heavy atom. The van der Waals surface area contributed by atoms with Gasteiger partial charge >= 0.3 is 6.09 Å². The van der Waals surface area contributed by atoms with Crippen LogP contribution < -0.4 is 0 Å². The molecule has 0 saturated heterocycles. The van der Waals surface area contributed by atoms with Crippen LogP contribution in [0.15, 0.2) is 5.11 Å². The van der Waals surface area contributed by atoms with E-state index in [1.165, 1.54) is 0 Å². The lowest BCUT2D eigenvalue weighted by Gasteiger charge is -2.36. The fourth-order valence-electron chi connectivity index (χ4n) is 2.70. The van der Waals surface area contributed by atoms with Crippen molar-refractivity contribution >= 4 is 6.09 Å². The molecule has 1 fully saturated rings. The van der Waals surface area contributed by atoms with Gasteiger partial charge in [-0.05, 0) is 52.0 Å². The van der Waals surface area contributed by atoms with Crippen LogP contribution in [0.1, 0.15) is 52.9 Å². The Morgan fingerprint density at radius 1 is 1.33 bits per heavy atom. The molecule has 1 aliphatic carbocycles. The van der Waals surface area contributed by atoms with E-state index in [-0.39, 0.29) is 18.2 Å². The van der Waals surface area contributed by atoms with Crippen molar-refractivity contribution in [1.29, 1.82) is 0 Å². The van der Waals surface area contributed by atoms with Crippen molar-refractivity contribution in [1.82, 2.24) is 4.90 Å². The zero-order chi connectivity index (χ0) is 18.0. The number of nitrogens with zero attached hydrogens (tertiary/aromatic N) is 4. The highest BCUT2D eigenvalue weighted by Gasteiger charge is 2.31. The molecule has 0 N–H and O–H groups in total. The molecule has 7 heteroatoms. The summed E-state index contributed by atoms with van der Waals surface area (Å²) in [6, 6.07) is 0.111. The monoisotopic (exact) mass is 336 g/mol. The summed E-state index contributed by atoms with van der Waals surface area (Å²) in [4.78, 5) is 17.1. The van der Waals surface area contributed by atoms with Crippen molar-refractivity contribution in [3.63, 3.8) is 0 Å². The van der Waals surface area contributed by atoms with Crippen molar-refractivity contribution in [3.8, 4) is 12.3 Å². The van der Waals surface area contributed by atoms with E-state index in [0.717, 1.165) is 25.7 Å². The van der Waals surface area contributed by atoms with E-state index in [9.17, 15) is 4.79 Å². The summed E-state index contributed by atoms with van der Waals surface area (Å²) in [6.07, 6.45) is 8.59. The lowest BCUT2D eigenvalue weighted by Crippen LogP contribution is -2.46. The molecule has 0 spiro atoms. The van der Waals surface area contributed by atoms with E-state index in [4.69, 9.17) is 21.4 Å². The van der Waals surface area contributed by atoms with Crippen LogP contribution in [-0.2, 0) is 9.47 Å². The SMILES string of the molecule is C#CCCOCCN(C(=O)OC(C)(C)C)[C@H]1CC[C@@H](N=[N+]=[N-])CC1. The van der Waals surface area contributed by atoms with E-state index < -0.39 is 5.60 Å². The van der Waals surface area contributed by atoms with Gasteiger partial charge < -0.3 is 14.4 Å². The molecule has 134 valence electrons. The summed E-state index contributed by atoms with van der Waals surface area (Å²) >= 11 is 0. The second-order valence-electron chi connectivity index (χ2n) is 6.91. The van der Waals surface area contributed by atoms with Crippen molar-refractivity contribution in [2.24, 2.45) is 5.11 Å². The van der Waals surface area contributed by atoms with E-state index >= 15 is 0 Å². The molecule has 1 rings (SSSR count). The Labute approximate surface area is 144 Å². The van der Waals surface area contributed by atoms with Crippen molar-refractivity contribution in [3.05, 3.63) is 10.4 Å². The van der Waals surface area contributed by atoms with Gasteiger partial charge in [0.1, 0.15) is 5.60 Å². The third-order valence-electron chi connectivity index (χ3n) is 3.82. The Balaban J connectivity index is 2.61. The topological polar surface area (TPSA) is 87.5 Å². The number of amides is 1. The molecule has 24 heavy (non-hydrogen) atoms. The first-order chi connectivity index (χ1) is 11.4. The zero-order valence-corrected chi connectivity index (χ0v) is 14.9. The number of carbonyl (C=O) groups excluding carboxylic acids is 1. The zero-order valence-electron chi connectivity index (χ0n) is 14.9. The molecule has 1 saturated carbocycles. The number of hydrogen-bond acceptors (Lipinski definition) is 4. The third kappa shape index (κ3) is 7.58. The van der Waals surface area contributed by atoms with Gasteiger partial charge in [-0.15, -0.1) is 12.3 Å². The summed E-state index contributed by atoms with van der Waals surface area (Å²) in [7, 11) is 0. The van der Waals surface area contributed by atoms with Crippen LogP contribution in [0.4, 0.5) is 4.79 Å². The maximum atomic E-state index is 12.5. The largest absolute Gasteiger partial charge is 0.444 e. The van der Waals surface area contributed by atoms with Crippen molar-refractivity contribution in [2.45, 2.75) is 70.6 Å². The van der Waals surface area contributed by atoms with Crippen LogP contribution in [0, 0.1) is 12.3 Å². The van der Waals surface area contributed by atoms with Gasteiger partial charge in [0.25, 0.3) is 0 Å². The lowest BCUT2D eigenvalue weighted by molar-refractivity contribution is 0.00305. The molecule has 1 amide bonds. The second kappa shape index (κ2) is 10.1. The highest BCUT2D eigenvalue weighted by atomic mass is 16.6. The quantitative estimate of drug-likeness (QED) is 0.232. The van der Waals surface area contributed by atoms with Crippen molar-refractivity contribution in [2.75, 3.05) is 19.8 Å². The smallest absolute Gasteiger partial charge is 0.410 e. The summed E-state index contributed by atoms with van der Waals surface area (Å²) in [5.41, 5.74) is 8.00. The van der Waals surface area contributed by atoms with E-state index in [0.29, 0.717) is 26.2 Å². The minimum atomic E-state index is -0.540. The molecule has 0 aromatic carbocycles. The first-order valence-electron chi connectivity index (χ1n) is 8.42. The number of terminal acetylenes is 1. The molecular formula is C17H28N4O3. The van der Waals surface area contributed by atoms with Crippen molar-refractivity contribution < 1.29 is 14.3 Å². The molecule has 0 aromatic rings. The van der Waals surface area contributed by atoms with Crippen LogP contribution >= 0.6 is 0 Å². The van der Waals surface area contributed by atoms with Gasteiger partial charge in [-0.25, -0.2) is 4.79 Å². The molecule has 0 radical (unpaired) electrons. The Hall–Kier alpha value is -1.90. The molecule has 0 aromatic heterocycles. The molecule has 0 atom stereocenters. The summed E-state index contributed by atoms with van der Waals surface area (Å²) < 4.78 is 11.0. The predicted molar refractivity (Wildman–Crippen MR) is 92.4 cm³/mol. The Kier molecular flexibility index (Phi) is 8.45. The van der Waals surface area contributed by atoms with Gasteiger partial charge in [0, 0.05) is 30.0 Å². The van der Waals surface area contributed by atoms with Gasteiger partial charge in [-0.2, -0.15) is 0 Å². The van der Waals surface area contributed by atoms with Gasteiger partial charge in [-0.3, -0.25) is 0 Å². The number of azide groups is 1. The molecule has 1 aliphatic rings. The molecule has 7 nitrogen and oxygen atoms in total. The number of rotatable bonds is 7. The average molecular weight is 336 g/mol. The highest BCUT2D eigenvalue weighted by molar-refractivity contribution is 5.68.